The molecule has 25 heavy (non-hydrogen) atoms. The Kier molecular flexibility index (Phi) is 4.79. The molecule has 1 aromatic heterocycles. The van der Waals surface area contributed by atoms with Crippen molar-refractivity contribution < 1.29 is 9.53 Å². The van der Waals surface area contributed by atoms with Crippen molar-refractivity contribution in [3.8, 4) is 5.75 Å². The summed E-state index contributed by atoms with van der Waals surface area (Å²) in [6.07, 6.45) is 0. The molecule has 3 aromatic rings. The Balaban J connectivity index is 1.97. The van der Waals surface area contributed by atoms with E-state index in [-0.39, 0.29) is 11.9 Å². The lowest BCUT2D eigenvalue weighted by atomic mass is 10.1. The number of hydrogen-bond donors (Lipinski definition) is 1. The average Bonchev–Trinajstić information content (AvgIpc) is 2.95. The van der Waals surface area contributed by atoms with Gasteiger partial charge in [-0.15, -0.1) is 0 Å². The number of rotatable bonds is 5. The molecule has 0 aliphatic rings. The Morgan fingerprint density at radius 2 is 1.88 bits per heavy atom. The Labute approximate surface area is 148 Å². The van der Waals surface area contributed by atoms with Crippen LogP contribution in [-0.4, -0.2) is 28.9 Å². The van der Waals surface area contributed by atoms with Gasteiger partial charge < -0.3 is 14.6 Å². The van der Waals surface area contributed by atoms with E-state index >= 15 is 0 Å². The summed E-state index contributed by atoms with van der Waals surface area (Å²) in [5.74, 6) is 0.796. The highest BCUT2D eigenvalue weighted by Gasteiger charge is 2.23. The molecule has 2 aromatic carbocycles. The van der Waals surface area contributed by atoms with E-state index < -0.39 is 0 Å². The van der Waals surface area contributed by atoms with Gasteiger partial charge in [0.2, 0.25) is 0 Å². The highest BCUT2D eigenvalue weighted by molar-refractivity contribution is 6.01. The van der Waals surface area contributed by atoms with E-state index in [1.54, 1.807) is 7.11 Å². The number of ether oxygens (including phenoxy) is 1. The summed E-state index contributed by atoms with van der Waals surface area (Å²) < 4.78 is 5.28. The molecule has 0 bridgehead atoms. The number of nitrogens with zero attached hydrogens (tertiary/aromatic N) is 1. The molecule has 1 N–H and O–H groups in total. The van der Waals surface area contributed by atoms with Gasteiger partial charge in [-0.05, 0) is 44.0 Å². The van der Waals surface area contributed by atoms with Gasteiger partial charge in [-0.3, -0.25) is 4.79 Å². The van der Waals surface area contributed by atoms with Crippen LogP contribution in [0.5, 0.6) is 5.75 Å². The maximum absolute atomic E-state index is 13.2. The third-order valence-electron chi connectivity index (χ3n) is 4.56. The fraction of sp³-hybridized carbons (Fsp3) is 0.286. The van der Waals surface area contributed by atoms with E-state index in [2.05, 4.69) is 4.98 Å². The number of benzene rings is 2. The number of H-pyrrole nitrogens is 1. The topological polar surface area (TPSA) is 45.3 Å². The number of aryl methyl sites for hydroxylation is 1. The molecule has 4 nitrogen and oxygen atoms in total. The first-order valence-corrected chi connectivity index (χ1v) is 8.52. The summed E-state index contributed by atoms with van der Waals surface area (Å²) >= 11 is 0. The predicted molar refractivity (Wildman–Crippen MR) is 101 cm³/mol. The summed E-state index contributed by atoms with van der Waals surface area (Å²) in [5.41, 5.74) is 3.66. The lowest BCUT2D eigenvalue weighted by Crippen LogP contribution is -2.36. The van der Waals surface area contributed by atoms with Crippen molar-refractivity contribution in [2.75, 3.05) is 7.11 Å². The second-order valence-electron chi connectivity index (χ2n) is 6.55. The fourth-order valence-electron chi connectivity index (χ4n) is 3.07. The minimum Gasteiger partial charge on any atom is -0.497 e. The van der Waals surface area contributed by atoms with Crippen LogP contribution < -0.4 is 4.74 Å². The van der Waals surface area contributed by atoms with Crippen LogP contribution in [0.15, 0.2) is 48.5 Å². The molecular formula is C21H24N2O2. The van der Waals surface area contributed by atoms with Crippen molar-refractivity contribution in [2.24, 2.45) is 0 Å². The first-order chi connectivity index (χ1) is 12.0. The normalized spacial score (nSPS) is 11.1. The lowest BCUT2D eigenvalue weighted by Gasteiger charge is -2.27. The van der Waals surface area contributed by atoms with Crippen LogP contribution in [0.25, 0.3) is 10.9 Å². The van der Waals surface area contributed by atoms with Gasteiger partial charge in [0.15, 0.2) is 0 Å². The Hall–Kier alpha value is -2.75. The second kappa shape index (κ2) is 7.01. The summed E-state index contributed by atoms with van der Waals surface area (Å²) in [5, 5.41) is 1.05. The van der Waals surface area contributed by atoms with Gasteiger partial charge in [-0.2, -0.15) is 0 Å². The number of fused-ring (bicyclic) bond motifs is 1. The van der Waals surface area contributed by atoms with Crippen molar-refractivity contribution in [1.82, 2.24) is 9.88 Å². The van der Waals surface area contributed by atoms with Crippen molar-refractivity contribution in [3.63, 3.8) is 0 Å². The lowest BCUT2D eigenvalue weighted by molar-refractivity contribution is 0.0684. The van der Waals surface area contributed by atoms with Gasteiger partial charge in [0.25, 0.3) is 5.91 Å². The monoisotopic (exact) mass is 336 g/mol. The Bertz CT molecular complexity index is 882. The summed E-state index contributed by atoms with van der Waals surface area (Å²) in [6, 6.07) is 16.0. The van der Waals surface area contributed by atoms with Crippen LogP contribution in [-0.2, 0) is 6.54 Å². The van der Waals surface area contributed by atoms with Gasteiger partial charge in [-0.25, -0.2) is 0 Å². The smallest absolute Gasteiger partial charge is 0.271 e. The van der Waals surface area contributed by atoms with Gasteiger partial charge in [0.05, 0.1) is 7.11 Å². The molecule has 130 valence electrons. The number of aromatic nitrogens is 1. The van der Waals surface area contributed by atoms with Gasteiger partial charge in [-0.1, -0.05) is 30.3 Å². The predicted octanol–water partition coefficient (Wildman–Crippen LogP) is 4.54. The number of aromatic amines is 1. The zero-order valence-corrected chi connectivity index (χ0v) is 15.2. The van der Waals surface area contributed by atoms with Crippen molar-refractivity contribution in [1.29, 1.82) is 0 Å². The maximum atomic E-state index is 13.2. The first kappa shape index (κ1) is 17.1. The molecule has 4 heteroatoms. The minimum atomic E-state index is 0.0199. The molecule has 0 atom stereocenters. The summed E-state index contributed by atoms with van der Waals surface area (Å²) in [4.78, 5) is 18.4. The highest BCUT2D eigenvalue weighted by atomic mass is 16.5. The molecule has 0 unspecified atom stereocenters. The zero-order valence-electron chi connectivity index (χ0n) is 15.2. The van der Waals surface area contributed by atoms with Crippen LogP contribution in [0.1, 0.15) is 35.5 Å². The third-order valence-corrected chi connectivity index (χ3v) is 4.56. The summed E-state index contributed by atoms with van der Waals surface area (Å²) in [7, 11) is 1.64. The third kappa shape index (κ3) is 3.38. The quantitative estimate of drug-likeness (QED) is 0.744. The molecule has 1 heterocycles. The molecule has 1 amide bonds. The SMILES string of the molecule is COc1ccc2c(C)c(C(=O)N(Cc3ccccc3)C(C)C)[nH]c2c1. The first-order valence-electron chi connectivity index (χ1n) is 8.52. The van der Waals surface area contributed by atoms with Crippen molar-refractivity contribution >= 4 is 16.8 Å². The van der Waals surface area contributed by atoms with Gasteiger partial charge >= 0.3 is 0 Å². The average molecular weight is 336 g/mol. The molecule has 3 rings (SSSR count). The van der Waals surface area contributed by atoms with E-state index in [1.165, 1.54) is 0 Å². The number of carbonyl (C=O) groups is 1. The van der Waals surface area contributed by atoms with Gasteiger partial charge in [0.1, 0.15) is 11.4 Å². The number of methoxy groups -OCH3 is 1. The molecular weight excluding hydrogens is 312 g/mol. The van der Waals surface area contributed by atoms with Crippen LogP contribution in [0.3, 0.4) is 0 Å². The molecule has 0 fully saturated rings. The zero-order chi connectivity index (χ0) is 18.0. The number of carbonyl (C=O) groups excluding carboxylic acids is 1. The second-order valence-corrected chi connectivity index (χ2v) is 6.55. The molecule has 0 radical (unpaired) electrons. The van der Waals surface area contributed by atoms with Crippen molar-refractivity contribution in [2.45, 2.75) is 33.4 Å². The number of nitrogens with one attached hydrogen (secondary N) is 1. The Morgan fingerprint density at radius 1 is 1.16 bits per heavy atom. The fourth-order valence-corrected chi connectivity index (χ4v) is 3.07. The van der Waals surface area contributed by atoms with Crippen LogP contribution in [0, 0.1) is 6.92 Å². The van der Waals surface area contributed by atoms with E-state index in [4.69, 9.17) is 4.74 Å². The molecule has 0 aliphatic carbocycles. The minimum absolute atomic E-state index is 0.0199. The molecule has 0 spiro atoms. The maximum Gasteiger partial charge on any atom is 0.271 e. The van der Waals surface area contributed by atoms with E-state index in [1.807, 2.05) is 74.2 Å². The number of amides is 1. The molecule has 0 saturated heterocycles. The Morgan fingerprint density at radius 3 is 2.52 bits per heavy atom. The highest BCUT2D eigenvalue weighted by Crippen LogP contribution is 2.27. The van der Waals surface area contributed by atoms with Crippen LogP contribution >= 0.6 is 0 Å². The molecule has 0 aliphatic heterocycles. The largest absolute Gasteiger partial charge is 0.497 e. The van der Waals surface area contributed by atoms with Crippen molar-refractivity contribution in [3.05, 3.63) is 65.4 Å². The van der Waals surface area contributed by atoms with E-state index in [9.17, 15) is 4.79 Å². The van der Waals surface area contributed by atoms with Gasteiger partial charge in [0, 0.05) is 29.6 Å². The van der Waals surface area contributed by atoms with Crippen LogP contribution in [0.4, 0.5) is 0 Å². The standard InChI is InChI=1S/C21H24N2O2/c1-14(2)23(13-16-8-6-5-7-9-16)21(24)20-15(3)18-11-10-17(25-4)12-19(18)22-20/h5-12,14,22H,13H2,1-4H3. The van der Waals surface area contributed by atoms with E-state index in [0.717, 1.165) is 27.8 Å². The summed E-state index contributed by atoms with van der Waals surface area (Å²) in [6.45, 7) is 6.67. The number of hydrogen-bond acceptors (Lipinski definition) is 2. The molecule has 0 saturated carbocycles. The van der Waals surface area contributed by atoms with Crippen LogP contribution in [0.2, 0.25) is 0 Å². The van der Waals surface area contributed by atoms with E-state index in [0.29, 0.717) is 12.2 Å².